The minimum Gasteiger partial charge on any atom is -0.460 e. The van der Waals surface area contributed by atoms with Crippen LogP contribution in [0.3, 0.4) is 0 Å². The molecule has 0 aliphatic carbocycles. The number of rotatable bonds is 6. The topological polar surface area (TPSA) is 77.1 Å². The van der Waals surface area contributed by atoms with E-state index in [-0.39, 0.29) is 17.7 Å². The van der Waals surface area contributed by atoms with Crippen molar-refractivity contribution in [3.8, 4) is 12.1 Å². The summed E-state index contributed by atoms with van der Waals surface area (Å²) in [6.07, 6.45) is 4.84. The Hall–Kier alpha value is -2.53. The third kappa shape index (κ3) is 7.59. The van der Waals surface area contributed by atoms with Crippen molar-refractivity contribution in [1.82, 2.24) is 4.90 Å². The second kappa shape index (κ2) is 8.60. The Labute approximate surface area is 126 Å². The lowest BCUT2D eigenvalue weighted by Crippen LogP contribution is -2.39. The van der Waals surface area contributed by atoms with Crippen molar-refractivity contribution in [2.75, 3.05) is 13.2 Å². The van der Waals surface area contributed by atoms with Crippen molar-refractivity contribution < 1.29 is 9.53 Å². The SMILES string of the molecule is C=C(C)C(=O)OCCN(/C=C/C=C(C#N)C#N)C(C)(C)C. The molecule has 21 heavy (non-hydrogen) atoms. The van der Waals surface area contributed by atoms with Crippen LogP contribution in [0.1, 0.15) is 27.7 Å². The molecule has 0 heterocycles. The number of hydrogen-bond donors (Lipinski definition) is 0. The minimum absolute atomic E-state index is 0.0359. The van der Waals surface area contributed by atoms with Gasteiger partial charge in [0.15, 0.2) is 0 Å². The lowest BCUT2D eigenvalue weighted by molar-refractivity contribution is -0.139. The Morgan fingerprint density at radius 2 is 1.90 bits per heavy atom. The highest BCUT2D eigenvalue weighted by Gasteiger charge is 2.17. The third-order valence-electron chi connectivity index (χ3n) is 2.55. The van der Waals surface area contributed by atoms with Gasteiger partial charge < -0.3 is 9.64 Å². The molecule has 0 atom stereocenters. The van der Waals surface area contributed by atoms with Crippen molar-refractivity contribution in [2.24, 2.45) is 0 Å². The van der Waals surface area contributed by atoms with Gasteiger partial charge >= 0.3 is 5.97 Å². The number of esters is 1. The van der Waals surface area contributed by atoms with Crippen molar-refractivity contribution >= 4 is 5.97 Å². The second-order valence-corrected chi connectivity index (χ2v) is 5.43. The molecule has 5 nitrogen and oxygen atoms in total. The van der Waals surface area contributed by atoms with E-state index in [2.05, 4.69) is 6.58 Å². The molecule has 112 valence electrons. The van der Waals surface area contributed by atoms with Crippen molar-refractivity contribution in [1.29, 1.82) is 10.5 Å². The summed E-state index contributed by atoms with van der Waals surface area (Å²) in [5, 5.41) is 17.3. The summed E-state index contributed by atoms with van der Waals surface area (Å²) in [5.74, 6) is -0.413. The molecule has 5 heteroatoms. The molecule has 0 amide bonds. The Morgan fingerprint density at radius 1 is 1.33 bits per heavy atom. The summed E-state index contributed by atoms with van der Waals surface area (Å²) < 4.78 is 5.06. The summed E-state index contributed by atoms with van der Waals surface area (Å²) in [5.41, 5.74) is 0.219. The summed E-state index contributed by atoms with van der Waals surface area (Å²) in [6.45, 7) is 11.9. The molecular formula is C16H21N3O2. The first kappa shape index (κ1) is 18.5. The van der Waals surface area contributed by atoms with E-state index >= 15 is 0 Å². The molecule has 0 aromatic heterocycles. The maximum atomic E-state index is 11.3. The largest absolute Gasteiger partial charge is 0.460 e. The normalized spacial score (nSPS) is 10.4. The summed E-state index contributed by atoms with van der Waals surface area (Å²) in [4.78, 5) is 13.3. The summed E-state index contributed by atoms with van der Waals surface area (Å²) in [6, 6.07) is 3.57. The quantitative estimate of drug-likeness (QED) is 0.325. The van der Waals surface area contributed by atoms with Crippen LogP contribution in [-0.2, 0) is 9.53 Å². The number of hydrogen-bond acceptors (Lipinski definition) is 5. The van der Waals surface area contributed by atoms with Crippen LogP contribution in [0.4, 0.5) is 0 Å². The van der Waals surface area contributed by atoms with E-state index in [9.17, 15) is 4.79 Å². The molecule has 0 aromatic rings. The van der Waals surface area contributed by atoms with Gasteiger partial charge in [0.1, 0.15) is 24.3 Å². The van der Waals surface area contributed by atoms with Gasteiger partial charge in [0.05, 0.1) is 6.54 Å². The van der Waals surface area contributed by atoms with Crippen LogP contribution >= 0.6 is 0 Å². The van der Waals surface area contributed by atoms with E-state index in [4.69, 9.17) is 15.3 Å². The molecule has 0 aromatic carbocycles. The van der Waals surface area contributed by atoms with Gasteiger partial charge in [-0.25, -0.2) is 4.79 Å². The van der Waals surface area contributed by atoms with Crippen molar-refractivity contribution in [3.05, 3.63) is 36.1 Å². The fraction of sp³-hybridized carbons (Fsp3) is 0.438. The Kier molecular flexibility index (Phi) is 7.57. The standard InChI is InChI=1S/C16H21N3O2/c1-13(2)15(20)21-10-9-19(16(3,4)5)8-6-7-14(11-17)12-18/h6-8H,1,9-10H2,2-5H3/b8-6+. The van der Waals surface area contributed by atoms with Gasteiger partial charge in [0.25, 0.3) is 0 Å². The molecule has 0 unspecified atom stereocenters. The Balaban J connectivity index is 4.71. The zero-order valence-corrected chi connectivity index (χ0v) is 13.0. The van der Waals surface area contributed by atoms with E-state index in [0.29, 0.717) is 12.1 Å². The molecule has 0 N–H and O–H groups in total. The number of nitriles is 2. The molecular weight excluding hydrogens is 266 g/mol. The average Bonchev–Trinajstić information content (AvgIpc) is 2.39. The Morgan fingerprint density at radius 3 is 2.33 bits per heavy atom. The van der Waals surface area contributed by atoms with Crippen LogP contribution in [0.15, 0.2) is 36.1 Å². The fourth-order valence-corrected chi connectivity index (χ4v) is 1.34. The van der Waals surface area contributed by atoms with Crippen molar-refractivity contribution in [2.45, 2.75) is 33.2 Å². The number of nitrogens with zero attached hydrogens (tertiary/aromatic N) is 3. The zero-order chi connectivity index (χ0) is 16.5. The highest BCUT2D eigenvalue weighted by molar-refractivity contribution is 5.86. The first-order valence-corrected chi connectivity index (χ1v) is 6.50. The molecule has 0 rings (SSSR count). The summed E-state index contributed by atoms with van der Waals surface area (Å²) >= 11 is 0. The first-order chi connectivity index (χ1) is 9.72. The van der Waals surface area contributed by atoms with Crippen LogP contribution in [0.5, 0.6) is 0 Å². The number of ether oxygens (including phenoxy) is 1. The lowest BCUT2D eigenvalue weighted by atomic mass is 10.1. The fourth-order valence-electron chi connectivity index (χ4n) is 1.34. The monoisotopic (exact) mass is 287 g/mol. The van der Waals surface area contributed by atoms with Crippen LogP contribution in [0.25, 0.3) is 0 Å². The first-order valence-electron chi connectivity index (χ1n) is 6.50. The smallest absolute Gasteiger partial charge is 0.333 e. The van der Waals surface area contributed by atoms with Gasteiger partial charge in [-0.3, -0.25) is 0 Å². The van der Waals surface area contributed by atoms with Gasteiger partial charge in [-0.1, -0.05) is 6.58 Å². The molecule has 0 aliphatic rings. The molecule has 0 radical (unpaired) electrons. The number of carbonyl (C=O) groups excluding carboxylic acids is 1. The molecule has 0 saturated carbocycles. The Bertz CT molecular complexity index is 509. The predicted octanol–water partition coefficient (Wildman–Crippen LogP) is 2.69. The lowest BCUT2D eigenvalue weighted by Gasteiger charge is -2.34. The van der Waals surface area contributed by atoms with Gasteiger partial charge in [0, 0.05) is 11.1 Å². The van der Waals surface area contributed by atoms with E-state index in [1.165, 1.54) is 6.08 Å². The van der Waals surface area contributed by atoms with Gasteiger partial charge in [-0.15, -0.1) is 0 Å². The van der Waals surface area contributed by atoms with E-state index in [1.807, 2.05) is 25.7 Å². The predicted molar refractivity (Wildman–Crippen MR) is 80.7 cm³/mol. The molecule has 0 spiro atoms. The molecule has 0 aliphatic heterocycles. The maximum absolute atomic E-state index is 11.3. The second-order valence-electron chi connectivity index (χ2n) is 5.43. The van der Waals surface area contributed by atoms with E-state index < -0.39 is 5.97 Å². The number of allylic oxidation sites excluding steroid dienone is 3. The molecule has 0 bridgehead atoms. The average molecular weight is 287 g/mol. The van der Waals surface area contributed by atoms with Crippen molar-refractivity contribution in [3.63, 3.8) is 0 Å². The summed E-state index contributed by atoms with van der Waals surface area (Å²) in [7, 11) is 0. The van der Waals surface area contributed by atoms with E-state index in [0.717, 1.165) is 0 Å². The number of carbonyl (C=O) groups is 1. The van der Waals surface area contributed by atoms with E-state index in [1.54, 1.807) is 31.3 Å². The van der Waals surface area contributed by atoms with Gasteiger partial charge in [-0.05, 0) is 46.0 Å². The third-order valence-corrected chi connectivity index (χ3v) is 2.55. The highest BCUT2D eigenvalue weighted by atomic mass is 16.5. The van der Waals surface area contributed by atoms with Crippen LogP contribution in [-0.4, -0.2) is 29.6 Å². The van der Waals surface area contributed by atoms with Gasteiger partial charge in [0.2, 0.25) is 0 Å². The van der Waals surface area contributed by atoms with Crippen LogP contribution < -0.4 is 0 Å². The minimum atomic E-state index is -0.413. The zero-order valence-electron chi connectivity index (χ0n) is 13.0. The molecule has 0 fully saturated rings. The van der Waals surface area contributed by atoms with Crippen LogP contribution in [0.2, 0.25) is 0 Å². The maximum Gasteiger partial charge on any atom is 0.333 e. The van der Waals surface area contributed by atoms with Gasteiger partial charge in [-0.2, -0.15) is 10.5 Å². The molecule has 0 saturated heterocycles. The van der Waals surface area contributed by atoms with Crippen LogP contribution in [0, 0.1) is 22.7 Å². The highest BCUT2D eigenvalue weighted by Crippen LogP contribution is 2.13.